The number of carbonyl (C=O) groups excluding carboxylic acids is 1. The van der Waals surface area contributed by atoms with Crippen molar-refractivity contribution in [1.29, 1.82) is 0 Å². The van der Waals surface area contributed by atoms with Crippen LogP contribution in [0.3, 0.4) is 0 Å². The van der Waals surface area contributed by atoms with E-state index in [2.05, 4.69) is 4.98 Å². The number of ketones is 1. The quantitative estimate of drug-likeness (QED) is 0.551. The smallest absolute Gasteiger partial charge is 0.161 e. The Morgan fingerprint density at radius 3 is 3.00 bits per heavy atom. The molecule has 2 nitrogen and oxygen atoms in total. The van der Waals surface area contributed by atoms with E-state index in [1.54, 1.807) is 13.0 Å². The highest BCUT2D eigenvalue weighted by atomic mass is 16.1. The maximum Gasteiger partial charge on any atom is 0.161 e. The molecule has 0 saturated carbocycles. The highest BCUT2D eigenvalue weighted by molar-refractivity contribution is 5.93. The molecule has 1 rings (SSSR count). The van der Waals surface area contributed by atoms with Crippen molar-refractivity contribution in [3.63, 3.8) is 0 Å². The van der Waals surface area contributed by atoms with Gasteiger partial charge < -0.3 is 0 Å². The second-order valence-corrected chi connectivity index (χ2v) is 2.02. The zero-order valence-electron chi connectivity index (χ0n) is 8.59. The average molecular weight is 138 g/mol. The second-order valence-electron chi connectivity index (χ2n) is 2.02. The first kappa shape index (κ1) is 3.86. The minimum atomic E-state index is -2.57. The highest BCUT2D eigenvalue weighted by Gasteiger charge is 1.96. The third kappa shape index (κ3) is 1.41. The van der Waals surface area contributed by atoms with Crippen molar-refractivity contribution in [2.45, 2.75) is 13.8 Å². The van der Waals surface area contributed by atoms with Crippen LogP contribution in [0.15, 0.2) is 18.3 Å². The van der Waals surface area contributed by atoms with Gasteiger partial charge in [-0.05, 0) is 25.9 Å². The largest absolute Gasteiger partial charge is 0.294 e. The summed E-state index contributed by atoms with van der Waals surface area (Å²) in [6.45, 7) is -0.805. The predicted molar refractivity (Wildman–Crippen MR) is 39.0 cm³/mol. The summed E-state index contributed by atoms with van der Waals surface area (Å²) in [7, 11) is 0. The normalized spacial score (nSPS) is 15.1. The van der Waals surface area contributed by atoms with Gasteiger partial charge in [0.2, 0.25) is 0 Å². The molecule has 1 heterocycles. The van der Waals surface area contributed by atoms with Gasteiger partial charge in [0.15, 0.2) is 5.78 Å². The minimum Gasteiger partial charge on any atom is -0.294 e. The van der Waals surface area contributed by atoms with E-state index >= 15 is 0 Å². The van der Waals surface area contributed by atoms with Crippen molar-refractivity contribution in [3.05, 3.63) is 29.6 Å². The Hall–Kier alpha value is -1.18. The van der Waals surface area contributed by atoms with Crippen molar-refractivity contribution in [2.24, 2.45) is 0 Å². The first-order valence-corrected chi connectivity index (χ1v) is 2.89. The minimum absolute atomic E-state index is 0.130. The average Bonchev–Trinajstić information content (AvgIpc) is 2.03. The van der Waals surface area contributed by atoms with E-state index in [4.69, 9.17) is 4.11 Å². The van der Waals surface area contributed by atoms with Gasteiger partial charge in [-0.15, -0.1) is 0 Å². The topological polar surface area (TPSA) is 30.0 Å². The first-order chi connectivity index (χ1) is 5.91. The van der Waals surface area contributed by atoms with Gasteiger partial charge in [0.1, 0.15) is 0 Å². The summed E-state index contributed by atoms with van der Waals surface area (Å²) in [5.74, 6) is -0.861. The second kappa shape index (κ2) is 2.60. The van der Waals surface area contributed by atoms with Gasteiger partial charge in [-0.3, -0.25) is 9.78 Å². The molecular weight excluding hydrogens is 126 g/mol. The standard InChI is InChI=1S/C8H9NO/c1-6-3-4-8(5-9-6)7(2)10/h3-5H,1-2H3/i2D3. The fraction of sp³-hybridized carbons (Fsp3) is 0.250. The van der Waals surface area contributed by atoms with Crippen LogP contribution in [0.5, 0.6) is 0 Å². The number of hydrogen-bond acceptors (Lipinski definition) is 2. The molecule has 0 spiro atoms. The number of aromatic nitrogens is 1. The Morgan fingerprint density at radius 1 is 1.70 bits per heavy atom. The summed E-state index contributed by atoms with van der Waals surface area (Å²) < 4.78 is 20.7. The van der Waals surface area contributed by atoms with E-state index in [0.29, 0.717) is 0 Å². The molecule has 0 bridgehead atoms. The third-order valence-electron chi connectivity index (χ3n) is 1.17. The van der Waals surface area contributed by atoms with Gasteiger partial charge in [0, 0.05) is 21.6 Å². The van der Waals surface area contributed by atoms with Gasteiger partial charge in [0.25, 0.3) is 0 Å². The molecule has 0 fully saturated rings. The summed E-state index contributed by atoms with van der Waals surface area (Å²) in [6, 6.07) is 3.08. The van der Waals surface area contributed by atoms with Crippen LogP contribution in [-0.2, 0) is 0 Å². The van der Waals surface area contributed by atoms with Gasteiger partial charge in [-0.1, -0.05) is 0 Å². The van der Waals surface area contributed by atoms with Crippen LogP contribution in [0, 0.1) is 6.92 Å². The Kier molecular flexibility index (Phi) is 1.01. The number of rotatable bonds is 1. The molecule has 52 valence electrons. The molecule has 0 aliphatic carbocycles. The van der Waals surface area contributed by atoms with Gasteiger partial charge in [-0.25, -0.2) is 0 Å². The lowest BCUT2D eigenvalue weighted by Gasteiger charge is -1.93. The van der Waals surface area contributed by atoms with E-state index in [1.165, 1.54) is 12.3 Å². The number of aryl methyl sites for hydroxylation is 1. The first-order valence-electron chi connectivity index (χ1n) is 4.39. The van der Waals surface area contributed by atoms with E-state index in [-0.39, 0.29) is 5.56 Å². The van der Waals surface area contributed by atoms with Crippen molar-refractivity contribution in [1.82, 2.24) is 4.98 Å². The molecule has 0 atom stereocenters. The molecule has 2 heteroatoms. The molecule has 1 aromatic rings. The van der Waals surface area contributed by atoms with E-state index < -0.39 is 12.6 Å². The van der Waals surface area contributed by atoms with Crippen molar-refractivity contribution in [3.8, 4) is 0 Å². The lowest BCUT2D eigenvalue weighted by molar-refractivity contribution is 0.101. The summed E-state index contributed by atoms with van der Waals surface area (Å²) in [4.78, 5) is 15.0. The summed E-state index contributed by atoms with van der Waals surface area (Å²) in [5.41, 5.74) is 0.882. The van der Waals surface area contributed by atoms with Gasteiger partial charge >= 0.3 is 0 Å². The van der Waals surface area contributed by atoms with Crippen LogP contribution >= 0.6 is 0 Å². The van der Waals surface area contributed by atoms with Crippen LogP contribution in [0.1, 0.15) is 27.0 Å². The van der Waals surface area contributed by atoms with Gasteiger partial charge in [-0.2, -0.15) is 0 Å². The monoisotopic (exact) mass is 138 g/mol. The molecule has 1 aromatic heterocycles. The molecule has 0 aromatic carbocycles. The predicted octanol–water partition coefficient (Wildman–Crippen LogP) is 1.59. The SMILES string of the molecule is [2H]C([2H])([2H])C(=O)c1ccc(C)nc1. The maximum absolute atomic E-state index is 11.2. The third-order valence-corrected chi connectivity index (χ3v) is 1.17. The molecule has 0 saturated heterocycles. The van der Waals surface area contributed by atoms with Crippen LogP contribution in [-0.4, -0.2) is 10.8 Å². The summed E-state index contributed by atoms with van der Waals surface area (Å²) >= 11 is 0. The number of hydrogen-bond donors (Lipinski definition) is 0. The Balaban J connectivity index is 2.97. The fourth-order valence-corrected chi connectivity index (χ4v) is 0.602. The Morgan fingerprint density at radius 2 is 2.50 bits per heavy atom. The Bertz CT molecular complexity index is 315. The lowest BCUT2D eigenvalue weighted by atomic mass is 10.2. The molecule has 0 aliphatic heterocycles. The molecule has 0 unspecified atom stereocenters. The molecule has 0 radical (unpaired) electrons. The molecule has 10 heavy (non-hydrogen) atoms. The number of nitrogens with zero attached hydrogens (tertiary/aromatic N) is 1. The van der Waals surface area contributed by atoms with E-state index in [0.717, 1.165) is 5.69 Å². The zero-order valence-corrected chi connectivity index (χ0v) is 5.59. The van der Waals surface area contributed by atoms with E-state index in [1.807, 2.05) is 0 Å². The van der Waals surface area contributed by atoms with Gasteiger partial charge in [0.05, 0.1) is 0 Å². The van der Waals surface area contributed by atoms with Crippen LogP contribution in [0.2, 0.25) is 0 Å². The van der Waals surface area contributed by atoms with Crippen molar-refractivity contribution >= 4 is 5.78 Å². The summed E-state index contributed by atoms with van der Waals surface area (Å²) in [5, 5.41) is 0. The maximum atomic E-state index is 11.2. The molecule has 0 aliphatic rings. The highest BCUT2D eigenvalue weighted by Crippen LogP contribution is 1.98. The zero-order chi connectivity index (χ0) is 10.1. The Labute approximate surface area is 64.1 Å². The number of pyridine rings is 1. The number of carbonyl (C=O) groups is 1. The van der Waals surface area contributed by atoms with Crippen molar-refractivity contribution in [2.75, 3.05) is 0 Å². The fourth-order valence-electron chi connectivity index (χ4n) is 0.602. The molecule has 0 N–H and O–H groups in total. The van der Waals surface area contributed by atoms with Crippen LogP contribution in [0.25, 0.3) is 0 Å². The lowest BCUT2D eigenvalue weighted by Crippen LogP contribution is -1.92. The van der Waals surface area contributed by atoms with E-state index in [9.17, 15) is 4.79 Å². The molecular formula is C8H9NO. The van der Waals surface area contributed by atoms with Crippen molar-refractivity contribution < 1.29 is 8.91 Å². The van der Waals surface area contributed by atoms with Crippen LogP contribution < -0.4 is 0 Å². The number of Topliss-reactive ketones (excluding diaryl/α,β-unsaturated/α-hetero) is 1. The summed E-state index contributed by atoms with van der Waals surface area (Å²) in [6.07, 6.45) is 1.28. The molecule has 0 amide bonds. The van der Waals surface area contributed by atoms with Crippen LogP contribution in [0.4, 0.5) is 0 Å².